The summed E-state index contributed by atoms with van der Waals surface area (Å²) < 4.78 is 1.91. The average Bonchev–Trinajstić information content (AvgIpc) is 2.68. The van der Waals surface area contributed by atoms with Crippen LogP contribution in [-0.2, 0) is 13.6 Å². The molecular formula is C15H21N3. The molecule has 1 aromatic heterocycles. The minimum atomic E-state index is 0.352. The van der Waals surface area contributed by atoms with Crippen LogP contribution < -0.4 is 5.32 Å². The fourth-order valence-electron chi connectivity index (χ4n) is 1.95. The number of nitrogens with zero attached hydrogens (tertiary/aromatic N) is 2. The number of hydrogen-bond acceptors (Lipinski definition) is 2. The molecule has 0 aliphatic rings. The van der Waals surface area contributed by atoms with Crippen LogP contribution in [0.15, 0.2) is 30.5 Å². The third kappa shape index (κ3) is 2.79. The first-order valence-electron chi connectivity index (χ1n) is 6.35. The molecule has 1 aromatic carbocycles. The van der Waals surface area contributed by atoms with Crippen molar-refractivity contribution in [3.05, 3.63) is 52.8 Å². The molecule has 1 N–H and O–H groups in total. The lowest BCUT2D eigenvalue weighted by atomic mass is 10.1. The molecule has 18 heavy (non-hydrogen) atoms. The van der Waals surface area contributed by atoms with Crippen molar-refractivity contribution in [2.75, 3.05) is 0 Å². The number of rotatable bonds is 4. The maximum Gasteiger partial charge on any atom is 0.0537 e. The Hall–Kier alpha value is -1.61. The fraction of sp³-hybridized carbons (Fsp3) is 0.400. The first-order valence-corrected chi connectivity index (χ1v) is 6.35. The highest BCUT2D eigenvalue weighted by atomic mass is 15.3. The van der Waals surface area contributed by atoms with Crippen LogP contribution in [0.3, 0.4) is 0 Å². The molecule has 2 rings (SSSR count). The van der Waals surface area contributed by atoms with Gasteiger partial charge in [0, 0.05) is 30.9 Å². The molecule has 0 spiro atoms. The van der Waals surface area contributed by atoms with Gasteiger partial charge in [-0.05, 0) is 26.3 Å². The van der Waals surface area contributed by atoms with Gasteiger partial charge in [-0.15, -0.1) is 0 Å². The third-order valence-corrected chi connectivity index (χ3v) is 3.51. The minimum Gasteiger partial charge on any atom is -0.306 e. The summed E-state index contributed by atoms with van der Waals surface area (Å²) in [5.74, 6) is 0. The van der Waals surface area contributed by atoms with Crippen molar-refractivity contribution < 1.29 is 0 Å². The predicted molar refractivity (Wildman–Crippen MR) is 74.4 cm³/mol. The SMILES string of the molecule is Cc1ccc(C(C)NCc2cnn(C)c2C)cc1. The lowest BCUT2D eigenvalue weighted by molar-refractivity contribution is 0.572. The van der Waals surface area contributed by atoms with Crippen molar-refractivity contribution in [3.63, 3.8) is 0 Å². The molecule has 1 atom stereocenters. The standard InChI is InChI=1S/C15H21N3/c1-11-5-7-14(8-6-11)12(2)16-9-15-10-17-18(4)13(15)3/h5-8,10,12,16H,9H2,1-4H3. The topological polar surface area (TPSA) is 29.9 Å². The van der Waals surface area contributed by atoms with Crippen LogP contribution >= 0.6 is 0 Å². The van der Waals surface area contributed by atoms with E-state index in [1.807, 2.05) is 17.9 Å². The summed E-state index contributed by atoms with van der Waals surface area (Å²) >= 11 is 0. The molecule has 0 aliphatic heterocycles. The lowest BCUT2D eigenvalue weighted by Gasteiger charge is -2.14. The first kappa shape index (κ1) is 12.8. The Morgan fingerprint density at radius 2 is 1.89 bits per heavy atom. The number of aryl methyl sites for hydroxylation is 2. The molecule has 2 aromatic rings. The largest absolute Gasteiger partial charge is 0.306 e. The van der Waals surface area contributed by atoms with E-state index in [0.29, 0.717) is 6.04 Å². The number of aromatic nitrogens is 2. The summed E-state index contributed by atoms with van der Waals surface area (Å²) in [4.78, 5) is 0. The van der Waals surface area contributed by atoms with Gasteiger partial charge in [-0.2, -0.15) is 5.10 Å². The molecule has 0 fully saturated rings. The van der Waals surface area contributed by atoms with Crippen molar-refractivity contribution in [2.45, 2.75) is 33.4 Å². The van der Waals surface area contributed by atoms with E-state index in [-0.39, 0.29) is 0 Å². The molecule has 0 aliphatic carbocycles. The molecular weight excluding hydrogens is 222 g/mol. The smallest absolute Gasteiger partial charge is 0.0537 e. The van der Waals surface area contributed by atoms with E-state index in [1.165, 1.54) is 22.4 Å². The Morgan fingerprint density at radius 1 is 1.22 bits per heavy atom. The van der Waals surface area contributed by atoms with E-state index in [2.05, 4.69) is 55.5 Å². The Balaban J connectivity index is 1.98. The zero-order valence-corrected chi connectivity index (χ0v) is 11.6. The van der Waals surface area contributed by atoms with E-state index in [4.69, 9.17) is 0 Å². The van der Waals surface area contributed by atoms with Gasteiger partial charge in [0.25, 0.3) is 0 Å². The van der Waals surface area contributed by atoms with Crippen molar-refractivity contribution in [2.24, 2.45) is 7.05 Å². The van der Waals surface area contributed by atoms with E-state index >= 15 is 0 Å². The minimum absolute atomic E-state index is 0.352. The quantitative estimate of drug-likeness (QED) is 0.895. The van der Waals surface area contributed by atoms with Crippen LogP contribution in [0.25, 0.3) is 0 Å². The predicted octanol–water partition coefficient (Wildman–Crippen LogP) is 2.89. The number of hydrogen-bond donors (Lipinski definition) is 1. The van der Waals surface area contributed by atoms with E-state index in [9.17, 15) is 0 Å². The van der Waals surface area contributed by atoms with Crippen molar-refractivity contribution in [1.29, 1.82) is 0 Å². The van der Waals surface area contributed by atoms with Gasteiger partial charge < -0.3 is 5.32 Å². The second-order valence-corrected chi connectivity index (χ2v) is 4.89. The van der Waals surface area contributed by atoms with Gasteiger partial charge in [0.2, 0.25) is 0 Å². The summed E-state index contributed by atoms with van der Waals surface area (Å²) in [6.07, 6.45) is 1.93. The average molecular weight is 243 g/mol. The number of benzene rings is 1. The van der Waals surface area contributed by atoms with Crippen LogP contribution in [0.2, 0.25) is 0 Å². The van der Waals surface area contributed by atoms with Gasteiger partial charge in [-0.25, -0.2) is 0 Å². The van der Waals surface area contributed by atoms with Gasteiger partial charge in [0.05, 0.1) is 6.20 Å². The van der Waals surface area contributed by atoms with Gasteiger partial charge in [0.15, 0.2) is 0 Å². The van der Waals surface area contributed by atoms with Crippen LogP contribution in [0.5, 0.6) is 0 Å². The molecule has 0 saturated carbocycles. The van der Waals surface area contributed by atoms with Crippen LogP contribution in [0.1, 0.15) is 35.3 Å². The van der Waals surface area contributed by atoms with Gasteiger partial charge in [-0.1, -0.05) is 29.8 Å². The van der Waals surface area contributed by atoms with Crippen LogP contribution in [0.4, 0.5) is 0 Å². The summed E-state index contributed by atoms with van der Waals surface area (Å²) in [5.41, 5.74) is 5.10. The summed E-state index contributed by atoms with van der Waals surface area (Å²) in [6.45, 7) is 7.26. The van der Waals surface area contributed by atoms with Gasteiger partial charge in [-0.3, -0.25) is 4.68 Å². The molecule has 0 radical (unpaired) electrons. The first-order chi connectivity index (χ1) is 8.58. The Bertz CT molecular complexity index is 511. The van der Waals surface area contributed by atoms with Crippen molar-refractivity contribution in [1.82, 2.24) is 15.1 Å². The summed E-state index contributed by atoms with van der Waals surface area (Å²) in [6, 6.07) is 9.03. The molecule has 3 nitrogen and oxygen atoms in total. The molecule has 0 saturated heterocycles. The highest BCUT2D eigenvalue weighted by Gasteiger charge is 2.07. The van der Waals surface area contributed by atoms with Gasteiger partial charge >= 0.3 is 0 Å². The molecule has 3 heteroatoms. The molecule has 0 amide bonds. The van der Waals surface area contributed by atoms with Crippen molar-refractivity contribution in [3.8, 4) is 0 Å². The van der Waals surface area contributed by atoms with E-state index < -0.39 is 0 Å². The fourth-order valence-corrected chi connectivity index (χ4v) is 1.95. The lowest BCUT2D eigenvalue weighted by Crippen LogP contribution is -2.18. The van der Waals surface area contributed by atoms with Gasteiger partial charge in [0.1, 0.15) is 0 Å². The maximum atomic E-state index is 4.26. The molecule has 1 unspecified atom stereocenters. The molecule has 96 valence electrons. The molecule has 1 heterocycles. The normalized spacial score (nSPS) is 12.7. The van der Waals surface area contributed by atoms with E-state index in [1.54, 1.807) is 0 Å². The van der Waals surface area contributed by atoms with Crippen LogP contribution in [0, 0.1) is 13.8 Å². The Labute approximate surface area is 109 Å². The van der Waals surface area contributed by atoms with E-state index in [0.717, 1.165) is 6.54 Å². The second-order valence-electron chi connectivity index (χ2n) is 4.89. The highest BCUT2D eigenvalue weighted by Crippen LogP contribution is 2.14. The third-order valence-electron chi connectivity index (χ3n) is 3.51. The molecule has 0 bridgehead atoms. The highest BCUT2D eigenvalue weighted by molar-refractivity contribution is 5.24. The zero-order chi connectivity index (χ0) is 13.1. The summed E-state index contributed by atoms with van der Waals surface area (Å²) in [7, 11) is 1.97. The Kier molecular flexibility index (Phi) is 3.82. The monoisotopic (exact) mass is 243 g/mol. The summed E-state index contributed by atoms with van der Waals surface area (Å²) in [5, 5.41) is 7.79. The zero-order valence-electron chi connectivity index (χ0n) is 11.6. The van der Waals surface area contributed by atoms with Crippen molar-refractivity contribution >= 4 is 0 Å². The second kappa shape index (κ2) is 5.36. The Morgan fingerprint density at radius 3 is 2.44 bits per heavy atom. The van der Waals surface area contributed by atoms with Crippen LogP contribution in [-0.4, -0.2) is 9.78 Å². The maximum absolute atomic E-state index is 4.26. The number of nitrogens with one attached hydrogen (secondary N) is 1.